The van der Waals surface area contributed by atoms with E-state index in [0.717, 1.165) is 11.3 Å². The van der Waals surface area contributed by atoms with Gasteiger partial charge in [0, 0.05) is 36.1 Å². The number of amides is 1. The minimum Gasteiger partial charge on any atom is -0.496 e. The molecule has 0 aliphatic rings. The Labute approximate surface area is 119 Å². The molecule has 0 radical (unpaired) electrons. The minimum atomic E-state index is 0.0561. The molecule has 1 rings (SSSR count). The number of hydrogen-bond acceptors (Lipinski definition) is 3. The normalized spacial score (nSPS) is 10.6. The number of halogens is 1. The Hall–Kier alpha value is -1.26. The van der Waals surface area contributed by atoms with Crippen LogP contribution in [0.25, 0.3) is 0 Å². The SMILES string of the molecule is COc1ccc(Cl)cc1CNCCC(=O)NC(C)C. The summed E-state index contributed by atoms with van der Waals surface area (Å²) in [5.41, 5.74) is 0.985. The number of carbonyl (C=O) groups excluding carboxylic acids is 1. The summed E-state index contributed by atoms with van der Waals surface area (Å²) < 4.78 is 5.25. The monoisotopic (exact) mass is 284 g/mol. The molecule has 1 amide bonds. The highest BCUT2D eigenvalue weighted by Crippen LogP contribution is 2.22. The average Bonchev–Trinajstić information content (AvgIpc) is 2.34. The molecule has 1 aromatic carbocycles. The fraction of sp³-hybridized carbons (Fsp3) is 0.500. The molecule has 106 valence electrons. The molecule has 0 atom stereocenters. The van der Waals surface area contributed by atoms with Gasteiger partial charge in [0.1, 0.15) is 5.75 Å². The second-order valence-corrected chi connectivity index (χ2v) is 5.04. The fourth-order valence-electron chi connectivity index (χ4n) is 1.70. The van der Waals surface area contributed by atoms with Gasteiger partial charge < -0.3 is 15.4 Å². The van der Waals surface area contributed by atoms with Crippen LogP contribution in [0.1, 0.15) is 25.8 Å². The van der Waals surface area contributed by atoms with Crippen molar-refractivity contribution >= 4 is 17.5 Å². The maximum Gasteiger partial charge on any atom is 0.221 e. The van der Waals surface area contributed by atoms with Gasteiger partial charge in [0.15, 0.2) is 0 Å². The molecule has 19 heavy (non-hydrogen) atoms. The predicted molar refractivity (Wildman–Crippen MR) is 77.6 cm³/mol. The first-order valence-electron chi connectivity index (χ1n) is 6.35. The smallest absolute Gasteiger partial charge is 0.221 e. The molecule has 0 bridgehead atoms. The van der Waals surface area contributed by atoms with Crippen LogP contribution in [-0.2, 0) is 11.3 Å². The van der Waals surface area contributed by atoms with Crippen LogP contribution in [0.5, 0.6) is 5.75 Å². The third-order valence-corrected chi connectivity index (χ3v) is 2.77. The third kappa shape index (κ3) is 5.94. The van der Waals surface area contributed by atoms with Crippen LogP contribution in [0.2, 0.25) is 5.02 Å². The van der Waals surface area contributed by atoms with Crippen LogP contribution in [0, 0.1) is 0 Å². The zero-order chi connectivity index (χ0) is 14.3. The molecule has 5 heteroatoms. The fourth-order valence-corrected chi connectivity index (χ4v) is 1.90. The Morgan fingerprint density at radius 2 is 2.16 bits per heavy atom. The predicted octanol–water partition coefficient (Wildman–Crippen LogP) is 2.35. The van der Waals surface area contributed by atoms with Gasteiger partial charge in [0.25, 0.3) is 0 Å². The van der Waals surface area contributed by atoms with E-state index in [9.17, 15) is 4.79 Å². The number of benzene rings is 1. The van der Waals surface area contributed by atoms with Gasteiger partial charge in [-0.3, -0.25) is 4.79 Å². The highest BCUT2D eigenvalue weighted by atomic mass is 35.5. The Kier molecular flexibility index (Phi) is 6.67. The van der Waals surface area contributed by atoms with Crippen LogP contribution in [0.15, 0.2) is 18.2 Å². The second kappa shape index (κ2) is 8.02. The summed E-state index contributed by atoms with van der Waals surface area (Å²) >= 11 is 5.95. The summed E-state index contributed by atoms with van der Waals surface area (Å²) in [5, 5.41) is 6.73. The van der Waals surface area contributed by atoms with Gasteiger partial charge >= 0.3 is 0 Å². The highest BCUT2D eigenvalue weighted by molar-refractivity contribution is 6.30. The van der Waals surface area contributed by atoms with Crippen molar-refractivity contribution in [2.24, 2.45) is 0 Å². The molecule has 2 N–H and O–H groups in total. The van der Waals surface area contributed by atoms with Gasteiger partial charge in [-0.15, -0.1) is 0 Å². The Bertz CT molecular complexity index is 422. The lowest BCUT2D eigenvalue weighted by molar-refractivity contribution is -0.121. The van der Waals surface area contributed by atoms with Gasteiger partial charge in [0.05, 0.1) is 7.11 Å². The van der Waals surface area contributed by atoms with Crippen molar-refractivity contribution in [3.63, 3.8) is 0 Å². The van der Waals surface area contributed by atoms with E-state index < -0.39 is 0 Å². The zero-order valence-corrected chi connectivity index (χ0v) is 12.4. The van der Waals surface area contributed by atoms with Crippen molar-refractivity contribution in [1.29, 1.82) is 0 Å². The standard InChI is InChI=1S/C14H21ClN2O2/c1-10(2)17-14(18)6-7-16-9-11-8-12(15)4-5-13(11)19-3/h4-5,8,10,16H,6-7,9H2,1-3H3,(H,17,18). The summed E-state index contributed by atoms with van der Waals surface area (Å²) in [6.07, 6.45) is 0.459. The lowest BCUT2D eigenvalue weighted by Gasteiger charge is -2.11. The maximum absolute atomic E-state index is 11.4. The lowest BCUT2D eigenvalue weighted by Crippen LogP contribution is -2.32. The molecule has 0 fully saturated rings. The van der Waals surface area contributed by atoms with Crippen molar-refractivity contribution < 1.29 is 9.53 Å². The highest BCUT2D eigenvalue weighted by Gasteiger charge is 2.05. The largest absolute Gasteiger partial charge is 0.496 e. The Morgan fingerprint density at radius 3 is 2.79 bits per heavy atom. The van der Waals surface area contributed by atoms with Gasteiger partial charge in [-0.25, -0.2) is 0 Å². The van der Waals surface area contributed by atoms with Gasteiger partial charge in [-0.1, -0.05) is 11.6 Å². The Balaban J connectivity index is 2.37. The van der Waals surface area contributed by atoms with Gasteiger partial charge in [-0.05, 0) is 32.0 Å². The number of hydrogen-bond donors (Lipinski definition) is 2. The van der Waals surface area contributed by atoms with Crippen LogP contribution in [0.4, 0.5) is 0 Å². The molecule has 0 aliphatic carbocycles. The molecule has 0 aliphatic heterocycles. The molecule has 0 saturated heterocycles. The van der Waals surface area contributed by atoms with E-state index in [2.05, 4.69) is 10.6 Å². The molecule has 0 saturated carbocycles. The minimum absolute atomic E-state index is 0.0561. The van der Waals surface area contributed by atoms with Crippen molar-refractivity contribution in [2.75, 3.05) is 13.7 Å². The number of nitrogens with one attached hydrogen (secondary N) is 2. The summed E-state index contributed by atoms with van der Waals surface area (Å²) in [6, 6.07) is 5.67. The average molecular weight is 285 g/mol. The molecule has 0 heterocycles. The second-order valence-electron chi connectivity index (χ2n) is 4.61. The first-order valence-corrected chi connectivity index (χ1v) is 6.73. The van der Waals surface area contributed by atoms with Crippen molar-refractivity contribution in [3.05, 3.63) is 28.8 Å². The third-order valence-electron chi connectivity index (χ3n) is 2.54. The number of rotatable bonds is 7. The summed E-state index contributed by atoms with van der Waals surface area (Å²) in [5.74, 6) is 0.851. The molecule has 0 aromatic heterocycles. The first-order chi connectivity index (χ1) is 9.02. The molecular formula is C14H21ClN2O2. The number of ether oxygens (including phenoxy) is 1. The molecular weight excluding hydrogens is 264 g/mol. The number of carbonyl (C=O) groups is 1. The van der Waals surface area contributed by atoms with E-state index in [-0.39, 0.29) is 11.9 Å². The van der Waals surface area contributed by atoms with Crippen LogP contribution in [-0.4, -0.2) is 25.6 Å². The van der Waals surface area contributed by atoms with E-state index in [4.69, 9.17) is 16.3 Å². The topological polar surface area (TPSA) is 50.4 Å². The van der Waals surface area contributed by atoms with Crippen LogP contribution < -0.4 is 15.4 Å². The Morgan fingerprint density at radius 1 is 1.42 bits per heavy atom. The summed E-state index contributed by atoms with van der Waals surface area (Å²) in [7, 11) is 1.63. The molecule has 4 nitrogen and oxygen atoms in total. The quantitative estimate of drug-likeness (QED) is 0.756. The van der Waals surface area contributed by atoms with Crippen LogP contribution in [0.3, 0.4) is 0 Å². The first kappa shape index (κ1) is 15.8. The van der Waals surface area contributed by atoms with Crippen molar-refractivity contribution in [3.8, 4) is 5.75 Å². The summed E-state index contributed by atoms with van der Waals surface area (Å²) in [4.78, 5) is 11.4. The van der Waals surface area contributed by atoms with E-state index in [1.807, 2.05) is 26.0 Å². The van der Waals surface area contributed by atoms with E-state index >= 15 is 0 Å². The summed E-state index contributed by atoms with van der Waals surface area (Å²) in [6.45, 7) is 5.14. The number of methoxy groups -OCH3 is 1. The van der Waals surface area contributed by atoms with Gasteiger partial charge in [-0.2, -0.15) is 0 Å². The molecule has 0 spiro atoms. The lowest BCUT2D eigenvalue weighted by atomic mass is 10.2. The van der Waals surface area contributed by atoms with Crippen molar-refractivity contribution in [2.45, 2.75) is 32.9 Å². The van der Waals surface area contributed by atoms with E-state index in [0.29, 0.717) is 24.5 Å². The van der Waals surface area contributed by atoms with Crippen molar-refractivity contribution in [1.82, 2.24) is 10.6 Å². The molecule has 1 aromatic rings. The van der Waals surface area contributed by atoms with Crippen LogP contribution >= 0.6 is 11.6 Å². The van der Waals surface area contributed by atoms with Gasteiger partial charge in [0.2, 0.25) is 5.91 Å². The zero-order valence-electron chi connectivity index (χ0n) is 11.6. The maximum atomic E-state index is 11.4. The van der Waals surface area contributed by atoms with E-state index in [1.165, 1.54) is 0 Å². The van der Waals surface area contributed by atoms with E-state index in [1.54, 1.807) is 13.2 Å². The molecule has 0 unspecified atom stereocenters.